The Kier molecular flexibility index (Phi) is 6.81. The van der Waals surface area contributed by atoms with E-state index in [0.29, 0.717) is 5.11 Å². The Morgan fingerprint density at radius 1 is 1.21 bits per heavy atom. The van der Waals surface area contributed by atoms with Gasteiger partial charge >= 0.3 is 0 Å². The van der Waals surface area contributed by atoms with Crippen LogP contribution in [-0.2, 0) is 0 Å². The van der Waals surface area contributed by atoms with E-state index < -0.39 is 0 Å². The maximum absolute atomic E-state index is 5.33. The molecular formula is C15H26N3S+. The zero-order valence-corrected chi connectivity index (χ0v) is 13.3. The summed E-state index contributed by atoms with van der Waals surface area (Å²) in [5.41, 5.74) is 3.54. The number of hydrogen-bond acceptors (Lipinski definition) is 1. The Morgan fingerprint density at radius 2 is 1.89 bits per heavy atom. The van der Waals surface area contributed by atoms with E-state index in [1.807, 2.05) is 0 Å². The number of aryl methyl sites for hydroxylation is 2. The fourth-order valence-corrected chi connectivity index (χ4v) is 2.21. The van der Waals surface area contributed by atoms with E-state index in [4.69, 9.17) is 12.2 Å². The second-order valence-electron chi connectivity index (χ2n) is 4.91. The standard InChI is InChI=1S/C15H25N3S/c1-5-18(6-2)10-9-16-15(19)17-14-11-12(3)7-8-13(14)4/h7-8,11H,5-6,9-10H2,1-4H3,(H2,16,17,19)/p+1. The molecule has 0 saturated carbocycles. The smallest absolute Gasteiger partial charge is 0.170 e. The average Bonchev–Trinajstić information content (AvgIpc) is 2.39. The maximum atomic E-state index is 5.33. The largest absolute Gasteiger partial charge is 0.357 e. The first kappa shape index (κ1) is 15.9. The number of hydrogen-bond donors (Lipinski definition) is 3. The number of likely N-dealkylation sites (N-methyl/N-ethyl adjacent to an activating group) is 1. The number of rotatable bonds is 6. The predicted octanol–water partition coefficient (Wildman–Crippen LogP) is 1.51. The van der Waals surface area contributed by atoms with Gasteiger partial charge in [-0.3, -0.25) is 0 Å². The fourth-order valence-electron chi connectivity index (χ4n) is 1.99. The van der Waals surface area contributed by atoms with Crippen LogP contribution < -0.4 is 15.5 Å². The summed E-state index contributed by atoms with van der Waals surface area (Å²) in [6.45, 7) is 12.9. The van der Waals surface area contributed by atoms with Crippen molar-refractivity contribution in [1.82, 2.24) is 5.32 Å². The lowest BCUT2D eigenvalue weighted by atomic mass is 10.1. The molecule has 0 spiro atoms. The molecule has 0 unspecified atom stereocenters. The molecule has 0 aromatic heterocycles. The molecule has 0 aliphatic rings. The molecule has 1 aromatic rings. The second kappa shape index (κ2) is 8.12. The zero-order chi connectivity index (χ0) is 14.3. The van der Waals surface area contributed by atoms with Crippen LogP contribution in [0, 0.1) is 13.8 Å². The highest BCUT2D eigenvalue weighted by atomic mass is 32.1. The van der Waals surface area contributed by atoms with Crippen LogP contribution in [0.15, 0.2) is 18.2 Å². The van der Waals surface area contributed by atoms with Gasteiger partial charge in [0.15, 0.2) is 5.11 Å². The van der Waals surface area contributed by atoms with E-state index in [-0.39, 0.29) is 0 Å². The van der Waals surface area contributed by atoms with Gasteiger partial charge in [0.2, 0.25) is 0 Å². The van der Waals surface area contributed by atoms with Crippen LogP contribution in [0.2, 0.25) is 0 Å². The monoisotopic (exact) mass is 280 g/mol. The van der Waals surface area contributed by atoms with Crippen molar-refractivity contribution in [1.29, 1.82) is 0 Å². The average molecular weight is 280 g/mol. The molecule has 0 heterocycles. The molecule has 0 amide bonds. The van der Waals surface area contributed by atoms with Crippen molar-refractivity contribution in [2.45, 2.75) is 27.7 Å². The summed E-state index contributed by atoms with van der Waals surface area (Å²) >= 11 is 5.33. The van der Waals surface area contributed by atoms with Gasteiger partial charge in [-0.1, -0.05) is 12.1 Å². The first-order chi connectivity index (χ1) is 9.06. The van der Waals surface area contributed by atoms with Crippen molar-refractivity contribution in [3.63, 3.8) is 0 Å². The first-order valence-corrected chi connectivity index (χ1v) is 7.43. The van der Waals surface area contributed by atoms with Crippen LogP contribution >= 0.6 is 12.2 Å². The zero-order valence-electron chi connectivity index (χ0n) is 12.5. The lowest BCUT2D eigenvalue weighted by Gasteiger charge is -2.17. The molecule has 3 nitrogen and oxygen atoms in total. The van der Waals surface area contributed by atoms with Gasteiger partial charge in [-0.2, -0.15) is 0 Å². The molecule has 1 aromatic carbocycles. The molecule has 0 fully saturated rings. The highest BCUT2D eigenvalue weighted by molar-refractivity contribution is 7.80. The second-order valence-corrected chi connectivity index (χ2v) is 5.31. The Labute approximate surface area is 122 Å². The maximum Gasteiger partial charge on any atom is 0.170 e. The summed E-state index contributed by atoms with van der Waals surface area (Å²) in [4.78, 5) is 1.59. The van der Waals surface area contributed by atoms with Gasteiger partial charge in [0.25, 0.3) is 0 Å². The normalized spacial score (nSPS) is 10.6. The van der Waals surface area contributed by atoms with Gasteiger partial charge in [-0.15, -0.1) is 0 Å². The SMILES string of the molecule is CC[NH+](CC)CCNC(=S)Nc1cc(C)ccc1C. The summed E-state index contributed by atoms with van der Waals surface area (Å²) in [7, 11) is 0. The van der Waals surface area contributed by atoms with E-state index in [0.717, 1.165) is 31.9 Å². The molecule has 0 atom stereocenters. The molecule has 0 bridgehead atoms. The van der Waals surface area contributed by atoms with Crippen LogP contribution in [0.3, 0.4) is 0 Å². The minimum Gasteiger partial charge on any atom is -0.357 e. The van der Waals surface area contributed by atoms with Crippen molar-refractivity contribution >= 4 is 23.0 Å². The third-order valence-electron chi connectivity index (χ3n) is 3.41. The molecular weight excluding hydrogens is 254 g/mol. The minimum absolute atomic E-state index is 0.709. The van der Waals surface area contributed by atoms with Crippen molar-refractivity contribution in [3.05, 3.63) is 29.3 Å². The van der Waals surface area contributed by atoms with Gasteiger partial charge in [0.05, 0.1) is 26.2 Å². The highest BCUT2D eigenvalue weighted by Crippen LogP contribution is 2.15. The lowest BCUT2D eigenvalue weighted by Crippen LogP contribution is -3.12. The van der Waals surface area contributed by atoms with Crippen LogP contribution in [0.5, 0.6) is 0 Å². The van der Waals surface area contributed by atoms with E-state index in [1.54, 1.807) is 4.90 Å². The first-order valence-electron chi connectivity index (χ1n) is 7.02. The lowest BCUT2D eigenvalue weighted by molar-refractivity contribution is -0.895. The molecule has 1 rings (SSSR count). The van der Waals surface area contributed by atoms with Gasteiger partial charge in [0.1, 0.15) is 0 Å². The third-order valence-corrected chi connectivity index (χ3v) is 3.65. The minimum atomic E-state index is 0.709. The summed E-state index contributed by atoms with van der Waals surface area (Å²) in [5.74, 6) is 0. The summed E-state index contributed by atoms with van der Waals surface area (Å²) in [6, 6.07) is 6.35. The summed E-state index contributed by atoms with van der Waals surface area (Å²) in [6.07, 6.45) is 0. The van der Waals surface area contributed by atoms with Gasteiger partial charge < -0.3 is 15.5 Å². The van der Waals surface area contributed by atoms with Gasteiger partial charge in [-0.25, -0.2) is 0 Å². The van der Waals surface area contributed by atoms with Crippen LogP contribution in [0.1, 0.15) is 25.0 Å². The van der Waals surface area contributed by atoms with Crippen LogP contribution in [0.4, 0.5) is 5.69 Å². The quantitative estimate of drug-likeness (QED) is 0.690. The number of nitrogens with one attached hydrogen (secondary N) is 3. The molecule has 0 aliphatic carbocycles. The Morgan fingerprint density at radius 3 is 2.53 bits per heavy atom. The Balaban J connectivity index is 2.41. The van der Waals surface area contributed by atoms with Gasteiger partial charge in [-0.05, 0) is 57.1 Å². The number of quaternary nitrogens is 1. The number of benzene rings is 1. The Hall–Kier alpha value is -1.13. The van der Waals surface area contributed by atoms with Crippen molar-refractivity contribution in [2.75, 3.05) is 31.5 Å². The Bertz CT molecular complexity index is 414. The predicted molar refractivity (Wildman–Crippen MR) is 87.1 cm³/mol. The molecule has 19 heavy (non-hydrogen) atoms. The molecule has 0 aliphatic heterocycles. The molecule has 3 N–H and O–H groups in total. The van der Waals surface area contributed by atoms with E-state index in [1.165, 1.54) is 11.1 Å². The van der Waals surface area contributed by atoms with E-state index in [9.17, 15) is 0 Å². The van der Waals surface area contributed by atoms with Crippen molar-refractivity contribution < 1.29 is 4.90 Å². The fraction of sp³-hybridized carbons (Fsp3) is 0.533. The van der Waals surface area contributed by atoms with E-state index >= 15 is 0 Å². The number of anilines is 1. The molecule has 106 valence electrons. The summed E-state index contributed by atoms with van der Waals surface area (Å²) < 4.78 is 0. The van der Waals surface area contributed by atoms with Crippen LogP contribution in [0.25, 0.3) is 0 Å². The topological polar surface area (TPSA) is 28.5 Å². The molecule has 0 saturated heterocycles. The summed E-state index contributed by atoms with van der Waals surface area (Å²) in [5, 5.41) is 7.26. The van der Waals surface area contributed by atoms with Crippen LogP contribution in [-0.4, -0.2) is 31.3 Å². The highest BCUT2D eigenvalue weighted by Gasteiger charge is 2.04. The van der Waals surface area contributed by atoms with Crippen molar-refractivity contribution in [3.8, 4) is 0 Å². The van der Waals surface area contributed by atoms with E-state index in [2.05, 4.69) is 56.5 Å². The molecule has 4 heteroatoms. The number of thiocarbonyl (C=S) groups is 1. The molecule has 0 radical (unpaired) electrons. The van der Waals surface area contributed by atoms with Crippen molar-refractivity contribution in [2.24, 2.45) is 0 Å². The third kappa shape index (κ3) is 5.57. The van der Waals surface area contributed by atoms with Gasteiger partial charge in [0, 0.05) is 5.69 Å².